The molecule has 14 heavy (non-hydrogen) atoms. The Bertz CT molecular complexity index is 347. The number of rotatable bonds is 3. The Morgan fingerprint density at radius 2 is 2.21 bits per heavy atom. The molecule has 1 heteroatoms. The van der Waals surface area contributed by atoms with Crippen LogP contribution < -0.4 is 4.74 Å². The maximum atomic E-state index is 5.30. The van der Waals surface area contributed by atoms with Gasteiger partial charge in [-0.15, -0.1) is 12.3 Å². The second kappa shape index (κ2) is 4.72. The van der Waals surface area contributed by atoms with Crippen molar-refractivity contribution in [3.05, 3.63) is 29.3 Å². The summed E-state index contributed by atoms with van der Waals surface area (Å²) >= 11 is 0. The van der Waals surface area contributed by atoms with Crippen molar-refractivity contribution in [1.82, 2.24) is 0 Å². The van der Waals surface area contributed by atoms with Gasteiger partial charge in [0.05, 0.1) is 7.11 Å². The topological polar surface area (TPSA) is 9.23 Å². The molecule has 1 rings (SSSR count). The fraction of sp³-hybridized carbons (Fsp3) is 0.385. The number of hydrogen-bond acceptors (Lipinski definition) is 1. The lowest BCUT2D eigenvalue weighted by Gasteiger charge is -2.12. The molecular weight excluding hydrogens is 172 g/mol. The zero-order valence-corrected chi connectivity index (χ0v) is 9.00. The van der Waals surface area contributed by atoms with Gasteiger partial charge in [0.1, 0.15) is 5.75 Å². The summed E-state index contributed by atoms with van der Waals surface area (Å²) in [5, 5.41) is 0. The minimum atomic E-state index is 0.422. The first kappa shape index (κ1) is 10.7. The van der Waals surface area contributed by atoms with Crippen LogP contribution in [0.1, 0.15) is 30.4 Å². The normalized spacial score (nSPS) is 11.9. The molecule has 0 aliphatic rings. The van der Waals surface area contributed by atoms with Crippen LogP contribution in [0.5, 0.6) is 5.75 Å². The van der Waals surface area contributed by atoms with E-state index in [0.717, 1.165) is 12.2 Å². The molecule has 74 valence electrons. The van der Waals surface area contributed by atoms with Crippen LogP contribution in [0.3, 0.4) is 0 Å². The van der Waals surface area contributed by atoms with Crippen LogP contribution in [0.15, 0.2) is 18.2 Å². The van der Waals surface area contributed by atoms with Gasteiger partial charge in [-0.2, -0.15) is 0 Å². The molecule has 1 aromatic carbocycles. The highest BCUT2D eigenvalue weighted by atomic mass is 16.5. The predicted octanol–water partition coefficient (Wildman–Crippen LogP) is 3.13. The van der Waals surface area contributed by atoms with E-state index in [-0.39, 0.29) is 0 Å². The molecule has 0 saturated heterocycles. The molecule has 1 aromatic rings. The van der Waals surface area contributed by atoms with E-state index in [2.05, 4.69) is 25.8 Å². The third kappa shape index (κ3) is 2.29. The summed E-state index contributed by atoms with van der Waals surface area (Å²) in [5.41, 5.74) is 2.55. The van der Waals surface area contributed by atoms with Gasteiger partial charge in [-0.1, -0.05) is 13.0 Å². The van der Waals surface area contributed by atoms with Gasteiger partial charge in [0.2, 0.25) is 0 Å². The lowest BCUT2D eigenvalue weighted by Crippen LogP contribution is -1.96. The Hall–Kier alpha value is -1.42. The Morgan fingerprint density at radius 1 is 1.50 bits per heavy atom. The Labute approximate surface area is 86.1 Å². The third-order valence-electron chi connectivity index (χ3n) is 2.43. The molecule has 1 unspecified atom stereocenters. The minimum Gasteiger partial charge on any atom is -0.497 e. The molecule has 0 N–H and O–H groups in total. The van der Waals surface area contributed by atoms with Gasteiger partial charge >= 0.3 is 0 Å². The highest BCUT2D eigenvalue weighted by molar-refractivity contribution is 5.37. The number of aryl methyl sites for hydroxylation is 1. The summed E-state index contributed by atoms with van der Waals surface area (Å²) in [7, 11) is 1.68. The van der Waals surface area contributed by atoms with Crippen LogP contribution in [0, 0.1) is 19.3 Å². The molecule has 0 saturated carbocycles. The quantitative estimate of drug-likeness (QED) is 0.662. The number of benzene rings is 1. The van der Waals surface area contributed by atoms with E-state index < -0.39 is 0 Å². The summed E-state index contributed by atoms with van der Waals surface area (Å²) in [5.74, 6) is 4.01. The summed E-state index contributed by atoms with van der Waals surface area (Å²) < 4.78 is 5.15. The lowest BCUT2D eigenvalue weighted by molar-refractivity contribution is 0.414. The second-order valence-electron chi connectivity index (χ2n) is 3.53. The first-order valence-corrected chi connectivity index (χ1v) is 4.77. The van der Waals surface area contributed by atoms with E-state index >= 15 is 0 Å². The number of hydrogen-bond donors (Lipinski definition) is 0. The first-order valence-electron chi connectivity index (χ1n) is 4.77. The van der Waals surface area contributed by atoms with Crippen molar-refractivity contribution < 1.29 is 4.74 Å². The van der Waals surface area contributed by atoms with Gasteiger partial charge < -0.3 is 4.74 Å². The zero-order valence-electron chi connectivity index (χ0n) is 9.00. The smallest absolute Gasteiger partial charge is 0.119 e. The van der Waals surface area contributed by atoms with Crippen molar-refractivity contribution >= 4 is 0 Å². The molecule has 1 atom stereocenters. The largest absolute Gasteiger partial charge is 0.497 e. The van der Waals surface area contributed by atoms with Gasteiger partial charge in [0.15, 0.2) is 0 Å². The van der Waals surface area contributed by atoms with Crippen LogP contribution in [0.2, 0.25) is 0 Å². The van der Waals surface area contributed by atoms with Crippen molar-refractivity contribution in [1.29, 1.82) is 0 Å². The van der Waals surface area contributed by atoms with Crippen molar-refractivity contribution in [3.8, 4) is 18.1 Å². The molecule has 0 amide bonds. The number of ether oxygens (including phenoxy) is 1. The molecule has 0 fully saturated rings. The maximum Gasteiger partial charge on any atom is 0.119 e. The predicted molar refractivity (Wildman–Crippen MR) is 59.6 cm³/mol. The Kier molecular flexibility index (Phi) is 3.59. The van der Waals surface area contributed by atoms with Crippen molar-refractivity contribution in [2.75, 3.05) is 7.11 Å². The van der Waals surface area contributed by atoms with Crippen LogP contribution in [0.4, 0.5) is 0 Å². The standard InChI is InChI=1S/C13H16O/c1-5-6-10(2)13-8-7-12(14-4)9-11(13)3/h1,7-10H,6H2,2-4H3. The SMILES string of the molecule is C#CCC(C)c1ccc(OC)cc1C. The first-order chi connectivity index (χ1) is 6.69. The fourth-order valence-corrected chi connectivity index (χ4v) is 1.61. The van der Waals surface area contributed by atoms with Crippen molar-refractivity contribution in [2.24, 2.45) is 0 Å². The van der Waals surface area contributed by atoms with E-state index in [4.69, 9.17) is 11.2 Å². The second-order valence-corrected chi connectivity index (χ2v) is 3.53. The Morgan fingerprint density at radius 3 is 2.71 bits per heavy atom. The number of methoxy groups -OCH3 is 1. The zero-order chi connectivity index (χ0) is 10.6. The molecule has 0 spiro atoms. The van der Waals surface area contributed by atoms with Crippen molar-refractivity contribution in [2.45, 2.75) is 26.2 Å². The van der Waals surface area contributed by atoms with E-state index in [1.165, 1.54) is 11.1 Å². The molecule has 0 radical (unpaired) electrons. The van der Waals surface area contributed by atoms with Crippen LogP contribution in [0.25, 0.3) is 0 Å². The lowest BCUT2D eigenvalue weighted by atomic mass is 9.94. The summed E-state index contributed by atoms with van der Waals surface area (Å²) in [6, 6.07) is 6.12. The summed E-state index contributed by atoms with van der Waals surface area (Å²) in [6.45, 7) is 4.24. The van der Waals surface area contributed by atoms with Crippen LogP contribution in [-0.2, 0) is 0 Å². The van der Waals surface area contributed by atoms with Gasteiger partial charge in [0.25, 0.3) is 0 Å². The van der Waals surface area contributed by atoms with E-state index in [1.807, 2.05) is 12.1 Å². The molecule has 1 nitrogen and oxygen atoms in total. The van der Waals surface area contributed by atoms with Crippen LogP contribution >= 0.6 is 0 Å². The monoisotopic (exact) mass is 188 g/mol. The molecule has 0 aromatic heterocycles. The summed E-state index contributed by atoms with van der Waals surface area (Å²) in [4.78, 5) is 0. The molecular formula is C13H16O. The van der Waals surface area contributed by atoms with Gasteiger partial charge in [-0.25, -0.2) is 0 Å². The summed E-state index contributed by atoms with van der Waals surface area (Å²) in [6.07, 6.45) is 6.08. The van der Waals surface area contributed by atoms with Gasteiger partial charge in [0, 0.05) is 6.42 Å². The maximum absolute atomic E-state index is 5.30. The average molecular weight is 188 g/mol. The van der Waals surface area contributed by atoms with E-state index in [1.54, 1.807) is 7.11 Å². The van der Waals surface area contributed by atoms with E-state index in [9.17, 15) is 0 Å². The molecule has 0 bridgehead atoms. The van der Waals surface area contributed by atoms with Gasteiger partial charge in [-0.05, 0) is 36.1 Å². The highest BCUT2D eigenvalue weighted by Crippen LogP contribution is 2.25. The Balaban J connectivity index is 2.94. The molecule has 0 aliphatic heterocycles. The van der Waals surface area contributed by atoms with E-state index in [0.29, 0.717) is 5.92 Å². The van der Waals surface area contributed by atoms with Crippen molar-refractivity contribution in [3.63, 3.8) is 0 Å². The fourth-order valence-electron chi connectivity index (χ4n) is 1.61. The third-order valence-corrected chi connectivity index (χ3v) is 2.43. The van der Waals surface area contributed by atoms with Crippen LogP contribution in [-0.4, -0.2) is 7.11 Å². The molecule has 0 heterocycles. The average Bonchev–Trinajstić information content (AvgIpc) is 2.17. The highest BCUT2D eigenvalue weighted by Gasteiger charge is 2.07. The minimum absolute atomic E-state index is 0.422. The molecule has 0 aliphatic carbocycles. The van der Waals surface area contributed by atoms with Gasteiger partial charge in [-0.3, -0.25) is 0 Å². The number of terminal acetylenes is 1.